The quantitative estimate of drug-likeness (QED) is 0.701. The molecule has 1 fully saturated rings. The van der Waals surface area contributed by atoms with Crippen LogP contribution in [0.3, 0.4) is 0 Å². The first-order chi connectivity index (χ1) is 16.4. The Bertz CT molecular complexity index is 1140. The van der Waals surface area contributed by atoms with Gasteiger partial charge in [-0.25, -0.2) is 9.59 Å². The fourth-order valence-corrected chi connectivity index (χ4v) is 5.49. The van der Waals surface area contributed by atoms with Crippen LogP contribution in [0.1, 0.15) is 49.7 Å². The number of amides is 2. The molecule has 0 saturated carbocycles. The fraction of sp³-hybridized carbons (Fsp3) is 0.370. The van der Waals surface area contributed by atoms with E-state index in [9.17, 15) is 19.5 Å². The summed E-state index contributed by atoms with van der Waals surface area (Å²) in [7, 11) is 0. The topological polar surface area (TPSA) is 95.9 Å². The van der Waals surface area contributed by atoms with Gasteiger partial charge in [-0.2, -0.15) is 0 Å². The third-order valence-corrected chi connectivity index (χ3v) is 7.40. The molecule has 1 saturated heterocycles. The number of fused-ring (bicyclic) bond motifs is 3. The maximum Gasteiger partial charge on any atom is 0.407 e. The van der Waals surface area contributed by atoms with Gasteiger partial charge in [-0.3, -0.25) is 4.79 Å². The molecule has 0 bridgehead atoms. The summed E-state index contributed by atoms with van der Waals surface area (Å²) in [6, 6.07) is 16.1. The number of benzene rings is 2. The molecule has 1 aliphatic heterocycles. The van der Waals surface area contributed by atoms with Gasteiger partial charge in [0.1, 0.15) is 12.1 Å². The molecular formula is C27H28N2O5. The van der Waals surface area contributed by atoms with Gasteiger partial charge in [0.15, 0.2) is 0 Å². The second kappa shape index (κ2) is 8.63. The second-order valence-electron chi connectivity index (χ2n) is 9.48. The lowest BCUT2D eigenvalue weighted by molar-refractivity contribution is -0.153. The molecule has 34 heavy (non-hydrogen) atoms. The fourth-order valence-electron chi connectivity index (χ4n) is 5.49. The highest BCUT2D eigenvalue weighted by Gasteiger charge is 2.47. The summed E-state index contributed by atoms with van der Waals surface area (Å²) in [5.74, 6) is -1.25. The van der Waals surface area contributed by atoms with Crippen molar-refractivity contribution in [1.82, 2.24) is 10.2 Å². The number of aliphatic carboxylic acids is 1. The van der Waals surface area contributed by atoms with E-state index in [-0.39, 0.29) is 24.5 Å². The zero-order valence-corrected chi connectivity index (χ0v) is 19.1. The molecule has 2 amide bonds. The van der Waals surface area contributed by atoms with Crippen molar-refractivity contribution in [3.8, 4) is 11.1 Å². The molecule has 0 radical (unpaired) electrons. The highest BCUT2D eigenvalue weighted by atomic mass is 16.5. The lowest BCUT2D eigenvalue weighted by atomic mass is 9.98. The molecule has 2 aliphatic carbocycles. The Hall–Kier alpha value is -3.61. The smallest absolute Gasteiger partial charge is 0.407 e. The molecule has 2 atom stereocenters. The largest absolute Gasteiger partial charge is 0.480 e. The number of alkyl carbamates (subject to hydrolysis) is 1. The van der Waals surface area contributed by atoms with Crippen molar-refractivity contribution in [2.24, 2.45) is 0 Å². The van der Waals surface area contributed by atoms with Crippen LogP contribution in [0.5, 0.6) is 0 Å². The van der Waals surface area contributed by atoms with Gasteiger partial charge < -0.3 is 20.1 Å². The second-order valence-corrected chi connectivity index (χ2v) is 9.48. The van der Waals surface area contributed by atoms with Gasteiger partial charge in [0.05, 0.1) is 0 Å². The Labute approximate surface area is 198 Å². The summed E-state index contributed by atoms with van der Waals surface area (Å²) >= 11 is 0. The van der Waals surface area contributed by atoms with E-state index in [1.807, 2.05) is 24.3 Å². The van der Waals surface area contributed by atoms with Crippen LogP contribution in [0, 0.1) is 0 Å². The van der Waals surface area contributed by atoms with E-state index in [2.05, 4.69) is 29.6 Å². The van der Waals surface area contributed by atoms with E-state index in [4.69, 9.17) is 4.74 Å². The van der Waals surface area contributed by atoms with E-state index in [0.29, 0.717) is 37.8 Å². The maximum absolute atomic E-state index is 13.0. The first kappa shape index (κ1) is 22.2. The number of nitrogens with zero attached hydrogens (tertiary/aromatic N) is 1. The third kappa shape index (κ3) is 3.75. The molecule has 2 aromatic rings. The number of carbonyl (C=O) groups excluding carboxylic acids is 2. The number of rotatable bonds is 5. The molecule has 1 unspecified atom stereocenters. The minimum Gasteiger partial charge on any atom is -0.480 e. The maximum atomic E-state index is 13.0. The molecule has 0 aromatic heterocycles. The molecule has 176 valence electrons. The lowest BCUT2D eigenvalue weighted by Gasteiger charge is -2.31. The Balaban J connectivity index is 1.17. The third-order valence-electron chi connectivity index (χ3n) is 7.40. The highest BCUT2D eigenvalue weighted by molar-refractivity contribution is 5.98. The number of carboxylic acid groups (broad SMARTS) is 1. The average molecular weight is 461 g/mol. The van der Waals surface area contributed by atoms with Crippen molar-refractivity contribution in [2.75, 3.05) is 13.2 Å². The molecule has 1 heterocycles. The Morgan fingerprint density at radius 1 is 1.09 bits per heavy atom. The number of likely N-dealkylation sites (tertiary alicyclic amines) is 1. The van der Waals surface area contributed by atoms with Crippen molar-refractivity contribution in [3.63, 3.8) is 0 Å². The lowest BCUT2D eigenvalue weighted by Crippen LogP contribution is -2.51. The number of carbonyl (C=O) groups is 3. The zero-order valence-electron chi connectivity index (χ0n) is 19.1. The first-order valence-electron chi connectivity index (χ1n) is 11.7. The molecule has 3 aliphatic rings. The van der Waals surface area contributed by atoms with Crippen molar-refractivity contribution >= 4 is 18.0 Å². The average Bonchev–Trinajstić information content (AvgIpc) is 3.54. The van der Waals surface area contributed by atoms with E-state index < -0.39 is 17.6 Å². The normalized spacial score (nSPS) is 23.3. The molecule has 0 spiro atoms. The summed E-state index contributed by atoms with van der Waals surface area (Å²) in [5, 5.41) is 12.5. The monoisotopic (exact) mass is 460 g/mol. The van der Waals surface area contributed by atoms with Gasteiger partial charge in [0.25, 0.3) is 0 Å². The standard InChI is InChI=1S/C27H28N2O5/c1-27(25(31)32)13-6-14-29(27)24(30)17-11-12-18(15-17)28-26(33)34-16-23-21-9-4-2-7-19(21)20-8-3-5-10-22(20)23/h2-5,7-11,18,23H,6,12-16H2,1H3,(H,28,33)(H,31,32)/t18?,27-/m1/s1. The van der Waals surface area contributed by atoms with Crippen LogP contribution in [-0.2, 0) is 14.3 Å². The van der Waals surface area contributed by atoms with Crippen LogP contribution in [0.25, 0.3) is 11.1 Å². The molecule has 7 heteroatoms. The SMILES string of the molecule is C[C@]1(C(=O)O)CCCN1C(=O)C1=CCC(NC(=O)OCC2c3ccccc3-c3ccccc32)C1. The summed E-state index contributed by atoms with van der Waals surface area (Å²) in [4.78, 5) is 38.7. The predicted molar refractivity (Wildman–Crippen MR) is 126 cm³/mol. The zero-order chi connectivity index (χ0) is 23.9. The highest BCUT2D eigenvalue weighted by Crippen LogP contribution is 2.44. The van der Waals surface area contributed by atoms with Crippen LogP contribution in [0.2, 0.25) is 0 Å². The van der Waals surface area contributed by atoms with Gasteiger partial charge in [-0.15, -0.1) is 0 Å². The Morgan fingerprint density at radius 3 is 2.38 bits per heavy atom. The summed E-state index contributed by atoms with van der Waals surface area (Å²) in [6.07, 6.45) is 3.30. The van der Waals surface area contributed by atoms with Crippen molar-refractivity contribution < 1.29 is 24.2 Å². The molecule has 7 nitrogen and oxygen atoms in total. The van der Waals surface area contributed by atoms with E-state index in [1.165, 1.54) is 16.0 Å². The first-order valence-corrected chi connectivity index (χ1v) is 11.7. The summed E-state index contributed by atoms with van der Waals surface area (Å²) in [6.45, 7) is 2.27. The number of hydrogen-bond donors (Lipinski definition) is 2. The van der Waals surface area contributed by atoms with Crippen LogP contribution >= 0.6 is 0 Å². The van der Waals surface area contributed by atoms with Gasteiger partial charge in [0, 0.05) is 24.1 Å². The van der Waals surface area contributed by atoms with E-state index in [1.54, 1.807) is 13.0 Å². The van der Waals surface area contributed by atoms with Crippen molar-refractivity contribution in [2.45, 2.75) is 50.1 Å². The Morgan fingerprint density at radius 2 is 1.74 bits per heavy atom. The van der Waals surface area contributed by atoms with Crippen LogP contribution in [-0.4, -0.2) is 52.7 Å². The van der Waals surface area contributed by atoms with Crippen LogP contribution < -0.4 is 5.32 Å². The Kier molecular flexibility index (Phi) is 5.63. The molecular weight excluding hydrogens is 432 g/mol. The van der Waals surface area contributed by atoms with Crippen molar-refractivity contribution in [1.29, 1.82) is 0 Å². The minimum atomic E-state index is -1.17. The summed E-state index contributed by atoms with van der Waals surface area (Å²) < 4.78 is 5.62. The minimum absolute atomic E-state index is 0.0131. The van der Waals surface area contributed by atoms with E-state index in [0.717, 1.165) is 11.1 Å². The van der Waals surface area contributed by atoms with Gasteiger partial charge in [-0.05, 0) is 54.9 Å². The van der Waals surface area contributed by atoms with Gasteiger partial charge in [0.2, 0.25) is 5.91 Å². The predicted octanol–water partition coefficient (Wildman–Crippen LogP) is 4.08. The number of carboxylic acids is 1. The molecule has 2 aromatic carbocycles. The van der Waals surface area contributed by atoms with Gasteiger partial charge >= 0.3 is 12.1 Å². The van der Waals surface area contributed by atoms with Crippen LogP contribution in [0.15, 0.2) is 60.2 Å². The number of hydrogen-bond acceptors (Lipinski definition) is 4. The molecule has 5 rings (SSSR count). The van der Waals surface area contributed by atoms with Crippen molar-refractivity contribution in [3.05, 3.63) is 71.3 Å². The number of ether oxygens (including phenoxy) is 1. The number of nitrogens with one attached hydrogen (secondary N) is 1. The summed E-state index contributed by atoms with van der Waals surface area (Å²) in [5.41, 5.74) is 4.03. The molecule has 2 N–H and O–H groups in total. The van der Waals surface area contributed by atoms with Gasteiger partial charge in [-0.1, -0.05) is 54.6 Å². The van der Waals surface area contributed by atoms with E-state index >= 15 is 0 Å². The van der Waals surface area contributed by atoms with Crippen LogP contribution in [0.4, 0.5) is 4.79 Å².